The fourth-order valence-electron chi connectivity index (χ4n) is 0.701. The molecule has 2 nitrogen and oxygen atoms in total. The molecule has 10 heavy (non-hydrogen) atoms. The lowest BCUT2D eigenvalue weighted by Crippen LogP contribution is -2.22. The van der Waals surface area contributed by atoms with Crippen molar-refractivity contribution < 1.29 is 10.0 Å². The average molecular weight is 156 g/mol. The van der Waals surface area contributed by atoms with Gasteiger partial charge in [0.15, 0.2) is 0 Å². The molecule has 0 heterocycles. The fourth-order valence-corrected chi connectivity index (χ4v) is 0.959. The molecule has 1 unspecified atom stereocenters. The average Bonchev–Trinajstić information content (AvgIpc) is 1.88. The van der Waals surface area contributed by atoms with Crippen LogP contribution in [0.4, 0.5) is 0 Å². The molecule has 1 rings (SSSR count). The highest BCUT2D eigenvalue weighted by Crippen LogP contribution is 2.14. The monoisotopic (exact) mass is 156 g/mol. The zero-order chi connectivity index (χ0) is 7.56. The fraction of sp³-hybridized carbons (Fsp3) is 0.167. The van der Waals surface area contributed by atoms with E-state index in [4.69, 9.17) is 21.6 Å². The summed E-state index contributed by atoms with van der Waals surface area (Å²) in [5.74, 6) is 0. The Hall–Kier alpha value is -0.465. The molecule has 52 valence electrons. The smallest absolute Gasteiger partial charge is 0.423 e. The second-order valence-corrected chi connectivity index (χ2v) is 2.41. The van der Waals surface area contributed by atoms with Gasteiger partial charge in [-0.3, -0.25) is 0 Å². The van der Waals surface area contributed by atoms with Gasteiger partial charge in [0.25, 0.3) is 0 Å². The molecule has 0 spiro atoms. The van der Waals surface area contributed by atoms with Crippen LogP contribution in [0.5, 0.6) is 0 Å². The van der Waals surface area contributed by atoms with E-state index in [9.17, 15) is 0 Å². The van der Waals surface area contributed by atoms with Crippen molar-refractivity contribution >= 4 is 18.7 Å². The summed E-state index contributed by atoms with van der Waals surface area (Å²) in [6.07, 6.45) is 4.70. The highest BCUT2D eigenvalue weighted by Gasteiger charge is 2.20. The van der Waals surface area contributed by atoms with Crippen molar-refractivity contribution in [1.82, 2.24) is 0 Å². The van der Waals surface area contributed by atoms with Gasteiger partial charge in [0.05, 0.1) is 5.38 Å². The number of rotatable bonds is 1. The predicted molar refractivity (Wildman–Crippen MR) is 40.6 cm³/mol. The largest absolute Gasteiger partial charge is 0.486 e. The van der Waals surface area contributed by atoms with Crippen LogP contribution in [0.25, 0.3) is 0 Å². The molecule has 0 saturated carbocycles. The third-order valence-electron chi connectivity index (χ3n) is 1.23. The van der Waals surface area contributed by atoms with Crippen molar-refractivity contribution in [3.05, 3.63) is 29.4 Å². The van der Waals surface area contributed by atoms with Crippen molar-refractivity contribution in [2.75, 3.05) is 0 Å². The number of allylic oxidation sites excluding steroid dienone is 3. The summed E-state index contributed by atoms with van der Waals surface area (Å²) in [4.78, 5) is 0. The molecule has 0 aromatic rings. The van der Waals surface area contributed by atoms with Gasteiger partial charge in [0.2, 0.25) is 0 Å². The minimum Gasteiger partial charge on any atom is -0.423 e. The maximum atomic E-state index is 8.68. The van der Waals surface area contributed by atoms with Gasteiger partial charge in [-0.1, -0.05) is 6.08 Å². The maximum Gasteiger partial charge on any atom is 0.486 e. The minimum atomic E-state index is -1.46. The molecule has 0 fully saturated rings. The van der Waals surface area contributed by atoms with Crippen LogP contribution in [0.3, 0.4) is 0 Å². The lowest BCUT2D eigenvalue weighted by molar-refractivity contribution is 0.418. The van der Waals surface area contributed by atoms with E-state index in [1.54, 1.807) is 18.2 Å². The first kappa shape index (κ1) is 7.64. The minimum absolute atomic E-state index is 0.389. The molecule has 1 aliphatic carbocycles. The molecule has 1 atom stereocenters. The van der Waals surface area contributed by atoms with Crippen LogP contribution in [-0.2, 0) is 0 Å². The molecular weight excluding hydrogens is 150 g/mol. The van der Waals surface area contributed by atoms with E-state index in [1.165, 1.54) is 0 Å². The molecular formula is C6H6BClO2. The normalized spacial score (nSPS) is 22.7. The Kier molecular flexibility index (Phi) is 2.36. The van der Waals surface area contributed by atoms with Crippen LogP contribution >= 0.6 is 11.6 Å². The molecule has 0 bridgehead atoms. The van der Waals surface area contributed by atoms with E-state index < -0.39 is 12.5 Å². The van der Waals surface area contributed by atoms with E-state index in [-0.39, 0.29) is 0 Å². The Labute approximate surface area is 64.3 Å². The number of alkyl halides is 1. The molecule has 0 aromatic heterocycles. The van der Waals surface area contributed by atoms with Crippen LogP contribution in [0.1, 0.15) is 0 Å². The lowest BCUT2D eigenvalue weighted by Gasteiger charge is -2.08. The second kappa shape index (κ2) is 3.08. The predicted octanol–water partition coefficient (Wildman–Crippen LogP) is 0.257. The SMILES string of the molecule is OB(O)C1=CC=C=CC1Cl. The van der Waals surface area contributed by atoms with Crippen molar-refractivity contribution in [1.29, 1.82) is 0 Å². The molecule has 0 amide bonds. The Morgan fingerprint density at radius 3 is 2.70 bits per heavy atom. The number of hydrogen-bond acceptors (Lipinski definition) is 2. The third kappa shape index (κ3) is 1.52. The molecule has 4 heteroatoms. The Bertz CT molecular complexity index is 216. The second-order valence-electron chi connectivity index (χ2n) is 1.94. The van der Waals surface area contributed by atoms with E-state index in [1.807, 2.05) is 0 Å². The van der Waals surface area contributed by atoms with Crippen molar-refractivity contribution in [3.8, 4) is 0 Å². The van der Waals surface area contributed by atoms with Crippen molar-refractivity contribution in [2.24, 2.45) is 0 Å². The Morgan fingerprint density at radius 2 is 2.30 bits per heavy atom. The van der Waals surface area contributed by atoms with Crippen molar-refractivity contribution in [3.63, 3.8) is 0 Å². The van der Waals surface area contributed by atoms with Crippen LogP contribution in [-0.4, -0.2) is 22.5 Å². The molecule has 2 N–H and O–H groups in total. The summed E-state index contributed by atoms with van der Waals surface area (Å²) in [6, 6.07) is 0. The Morgan fingerprint density at radius 1 is 1.60 bits per heavy atom. The quantitative estimate of drug-likeness (QED) is 0.325. The van der Waals surface area contributed by atoms with Gasteiger partial charge < -0.3 is 10.0 Å². The summed E-state index contributed by atoms with van der Waals surface area (Å²) >= 11 is 5.65. The lowest BCUT2D eigenvalue weighted by atomic mass is 9.76. The standard InChI is InChI=1S/C6H6BClO2/c8-6-4-2-1-3-5(6)7(9)10/h1,3-4,6,9-10H. The van der Waals surface area contributed by atoms with Crippen LogP contribution in [0.2, 0.25) is 0 Å². The summed E-state index contributed by atoms with van der Waals surface area (Å²) in [5, 5.41) is 16.9. The van der Waals surface area contributed by atoms with E-state index >= 15 is 0 Å². The van der Waals surface area contributed by atoms with Gasteiger partial charge in [-0.15, -0.1) is 17.3 Å². The van der Waals surface area contributed by atoms with Crippen LogP contribution in [0.15, 0.2) is 29.4 Å². The molecule has 1 aliphatic rings. The summed E-state index contributed by atoms with van der Waals surface area (Å²) < 4.78 is 0. The Balaban J connectivity index is 2.80. The van der Waals surface area contributed by atoms with Gasteiger partial charge in [0, 0.05) is 0 Å². The maximum absolute atomic E-state index is 8.68. The van der Waals surface area contributed by atoms with E-state index in [0.29, 0.717) is 5.47 Å². The molecule has 0 aliphatic heterocycles. The van der Waals surface area contributed by atoms with Gasteiger partial charge in [0.1, 0.15) is 0 Å². The van der Waals surface area contributed by atoms with Crippen LogP contribution < -0.4 is 0 Å². The van der Waals surface area contributed by atoms with E-state index in [0.717, 1.165) is 0 Å². The molecule has 0 aromatic carbocycles. The molecule has 0 saturated heterocycles. The number of hydrogen-bond donors (Lipinski definition) is 2. The topological polar surface area (TPSA) is 40.5 Å². The first-order valence-corrected chi connectivity index (χ1v) is 3.28. The highest BCUT2D eigenvalue weighted by molar-refractivity contribution is 6.54. The first-order chi connectivity index (χ1) is 4.72. The van der Waals surface area contributed by atoms with Gasteiger partial charge in [-0.05, 0) is 17.6 Å². The zero-order valence-corrected chi connectivity index (χ0v) is 5.92. The zero-order valence-electron chi connectivity index (χ0n) is 5.16. The highest BCUT2D eigenvalue weighted by atomic mass is 35.5. The summed E-state index contributed by atoms with van der Waals surface area (Å²) in [6.45, 7) is 0. The molecule has 0 radical (unpaired) electrons. The van der Waals surface area contributed by atoms with Gasteiger partial charge >= 0.3 is 7.12 Å². The van der Waals surface area contributed by atoms with Gasteiger partial charge in [-0.25, -0.2) is 0 Å². The first-order valence-electron chi connectivity index (χ1n) is 2.84. The summed E-state index contributed by atoms with van der Waals surface area (Å²) in [7, 11) is -1.46. The number of halogens is 1. The third-order valence-corrected chi connectivity index (χ3v) is 1.61. The van der Waals surface area contributed by atoms with Gasteiger partial charge in [-0.2, -0.15) is 0 Å². The van der Waals surface area contributed by atoms with Crippen LogP contribution in [0, 0.1) is 0 Å². The summed E-state index contributed by atoms with van der Waals surface area (Å²) in [5.41, 5.74) is 3.13. The van der Waals surface area contributed by atoms with Crippen molar-refractivity contribution in [2.45, 2.75) is 5.38 Å². The van der Waals surface area contributed by atoms with E-state index in [2.05, 4.69) is 5.73 Å².